The fraction of sp³-hybridized carbons (Fsp3) is 0.417. The summed E-state index contributed by atoms with van der Waals surface area (Å²) >= 11 is 0. The van der Waals surface area contributed by atoms with Crippen LogP contribution in [-0.4, -0.2) is 9.55 Å². The summed E-state index contributed by atoms with van der Waals surface area (Å²) in [6.45, 7) is 4.32. The largest absolute Gasteiger partial charge is 0.344 e. The number of aromatic nitrogens is 2. The van der Waals surface area contributed by atoms with Gasteiger partial charge in [0.05, 0.1) is 11.0 Å². The zero-order valence-corrected chi connectivity index (χ0v) is 9.75. The van der Waals surface area contributed by atoms with Crippen LogP contribution in [0.15, 0.2) is 18.2 Å². The first-order valence-corrected chi connectivity index (χ1v) is 5.21. The Bertz CT molecular complexity index is 457. The monoisotopic (exact) mass is 205 g/mol. The molecule has 3 N–H and O–H groups in total. The third kappa shape index (κ3) is 1.75. The topological polar surface area (TPSA) is 52.8 Å². The average molecular weight is 205 g/mol. The predicted octanol–water partition coefficient (Wildman–Crippen LogP) is 2.86. The number of imidazole rings is 1. The normalized spacial score (nSPS) is 10.3. The molecule has 2 aromatic rings. The highest BCUT2D eigenvalue weighted by atomic mass is 15.1. The Morgan fingerprint density at radius 1 is 1.20 bits per heavy atom. The molecule has 1 aromatic heterocycles. The second kappa shape index (κ2) is 4.45. The molecule has 15 heavy (non-hydrogen) atoms. The van der Waals surface area contributed by atoms with Gasteiger partial charge in [0.25, 0.3) is 0 Å². The van der Waals surface area contributed by atoms with Crippen molar-refractivity contribution >= 4 is 11.0 Å². The molecule has 0 saturated carbocycles. The van der Waals surface area contributed by atoms with E-state index in [1.807, 2.05) is 0 Å². The Kier molecular flexibility index (Phi) is 3.48. The first-order chi connectivity index (χ1) is 6.77. The highest BCUT2D eigenvalue weighted by molar-refractivity contribution is 5.79. The van der Waals surface area contributed by atoms with Gasteiger partial charge in [0.2, 0.25) is 0 Å². The summed E-state index contributed by atoms with van der Waals surface area (Å²) < 4.78 is 2.19. The minimum Gasteiger partial charge on any atom is -0.344 e. The summed E-state index contributed by atoms with van der Waals surface area (Å²) in [5, 5.41) is 0. The molecule has 0 spiro atoms. The van der Waals surface area contributed by atoms with Crippen molar-refractivity contribution in [2.75, 3.05) is 0 Å². The lowest BCUT2D eigenvalue weighted by atomic mass is 10.1. The molecule has 0 fully saturated rings. The number of hydrogen-bond acceptors (Lipinski definition) is 2. The van der Waals surface area contributed by atoms with E-state index >= 15 is 0 Å². The van der Waals surface area contributed by atoms with Gasteiger partial charge in [-0.2, -0.15) is 0 Å². The number of aryl methyl sites for hydroxylation is 3. The van der Waals surface area contributed by atoms with E-state index in [2.05, 4.69) is 48.6 Å². The molecular formula is C12H19N3. The van der Waals surface area contributed by atoms with Gasteiger partial charge in [-0.3, -0.25) is 0 Å². The summed E-state index contributed by atoms with van der Waals surface area (Å²) in [6.07, 6.45) is 2.05. The predicted molar refractivity (Wildman–Crippen MR) is 64.5 cm³/mol. The summed E-state index contributed by atoms with van der Waals surface area (Å²) in [6, 6.07) is 6.41. The van der Waals surface area contributed by atoms with Gasteiger partial charge >= 0.3 is 0 Å². The zero-order valence-electron chi connectivity index (χ0n) is 9.75. The van der Waals surface area contributed by atoms with Crippen molar-refractivity contribution in [2.45, 2.75) is 26.7 Å². The Morgan fingerprint density at radius 2 is 1.93 bits per heavy atom. The van der Waals surface area contributed by atoms with Gasteiger partial charge in [0.1, 0.15) is 5.82 Å². The highest BCUT2D eigenvalue weighted by Gasteiger charge is 2.07. The number of rotatable bonds is 2. The molecule has 0 amide bonds. The van der Waals surface area contributed by atoms with Gasteiger partial charge in [0.15, 0.2) is 0 Å². The van der Waals surface area contributed by atoms with Crippen LogP contribution < -0.4 is 6.15 Å². The van der Waals surface area contributed by atoms with Crippen molar-refractivity contribution in [1.82, 2.24) is 15.7 Å². The van der Waals surface area contributed by atoms with Gasteiger partial charge in [-0.25, -0.2) is 4.98 Å². The molecule has 0 bridgehead atoms. The molecule has 0 aliphatic heterocycles. The summed E-state index contributed by atoms with van der Waals surface area (Å²) in [7, 11) is 2.09. The SMILES string of the molecule is CCc1cccc2c1nc(CC)n2C.N. The second-order valence-electron chi connectivity index (χ2n) is 3.58. The minimum atomic E-state index is 0. The lowest BCUT2D eigenvalue weighted by molar-refractivity contribution is 0.829. The third-order valence-electron chi connectivity index (χ3n) is 2.78. The van der Waals surface area contributed by atoms with E-state index in [4.69, 9.17) is 0 Å². The molecule has 2 rings (SSSR count). The molecule has 3 heteroatoms. The van der Waals surface area contributed by atoms with Crippen molar-refractivity contribution in [1.29, 1.82) is 0 Å². The third-order valence-corrected chi connectivity index (χ3v) is 2.78. The van der Waals surface area contributed by atoms with Gasteiger partial charge in [0, 0.05) is 13.5 Å². The lowest BCUT2D eigenvalue weighted by Crippen LogP contribution is -1.94. The van der Waals surface area contributed by atoms with Crippen LogP contribution in [0.2, 0.25) is 0 Å². The van der Waals surface area contributed by atoms with Crippen molar-refractivity contribution in [3.63, 3.8) is 0 Å². The number of para-hydroxylation sites is 1. The standard InChI is InChI=1S/C12H16N2.H3N/c1-4-9-7-6-8-10-12(9)13-11(5-2)14(10)3;/h6-8H,4-5H2,1-3H3;1H3. The maximum atomic E-state index is 4.66. The summed E-state index contributed by atoms with van der Waals surface area (Å²) in [4.78, 5) is 4.66. The van der Waals surface area contributed by atoms with Crippen LogP contribution in [0, 0.1) is 0 Å². The van der Waals surface area contributed by atoms with Gasteiger partial charge in [-0.1, -0.05) is 26.0 Å². The van der Waals surface area contributed by atoms with Crippen molar-refractivity contribution in [2.24, 2.45) is 7.05 Å². The van der Waals surface area contributed by atoms with Crippen molar-refractivity contribution in [3.05, 3.63) is 29.6 Å². The second-order valence-corrected chi connectivity index (χ2v) is 3.58. The van der Waals surface area contributed by atoms with Gasteiger partial charge < -0.3 is 10.7 Å². The Labute approximate surface area is 90.7 Å². The van der Waals surface area contributed by atoms with E-state index in [1.54, 1.807) is 0 Å². The van der Waals surface area contributed by atoms with Crippen LogP contribution in [-0.2, 0) is 19.9 Å². The molecule has 1 aromatic carbocycles. The molecule has 0 unspecified atom stereocenters. The van der Waals surface area contributed by atoms with Crippen LogP contribution >= 0.6 is 0 Å². The van der Waals surface area contributed by atoms with E-state index in [1.165, 1.54) is 22.4 Å². The van der Waals surface area contributed by atoms with Crippen LogP contribution in [0.5, 0.6) is 0 Å². The van der Waals surface area contributed by atoms with E-state index < -0.39 is 0 Å². The molecule has 0 aliphatic carbocycles. The fourth-order valence-electron chi connectivity index (χ4n) is 1.92. The number of hydrogen-bond donors (Lipinski definition) is 1. The van der Waals surface area contributed by atoms with E-state index in [-0.39, 0.29) is 6.15 Å². The molecule has 0 saturated heterocycles. The molecular weight excluding hydrogens is 186 g/mol. The van der Waals surface area contributed by atoms with E-state index in [0.29, 0.717) is 0 Å². The van der Waals surface area contributed by atoms with Crippen LogP contribution in [0.25, 0.3) is 11.0 Å². The molecule has 3 nitrogen and oxygen atoms in total. The quantitative estimate of drug-likeness (QED) is 0.819. The van der Waals surface area contributed by atoms with Gasteiger partial charge in [-0.15, -0.1) is 0 Å². The van der Waals surface area contributed by atoms with Crippen molar-refractivity contribution in [3.8, 4) is 0 Å². The zero-order chi connectivity index (χ0) is 10.1. The van der Waals surface area contributed by atoms with Gasteiger partial charge in [-0.05, 0) is 18.1 Å². The Morgan fingerprint density at radius 3 is 2.53 bits per heavy atom. The molecule has 0 radical (unpaired) electrons. The van der Waals surface area contributed by atoms with Crippen LogP contribution in [0.4, 0.5) is 0 Å². The Hall–Kier alpha value is -1.35. The van der Waals surface area contributed by atoms with E-state index in [9.17, 15) is 0 Å². The van der Waals surface area contributed by atoms with Crippen LogP contribution in [0.3, 0.4) is 0 Å². The smallest absolute Gasteiger partial charge is 0.109 e. The molecule has 0 atom stereocenters. The van der Waals surface area contributed by atoms with Crippen LogP contribution in [0.1, 0.15) is 25.2 Å². The first kappa shape index (κ1) is 11.7. The average Bonchev–Trinajstić information content (AvgIpc) is 2.55. The molecule has 1 heterocycles. The molecule has 82 valence electrons. The first-order valence-electron chi connectivity index (χ1n) is 5.21. The number of fused-ring (bicyclic) bond motifs is 1. The fourth-order valence-corrected chi connectivity index (χ4v) is 1.92. The highest BCUT2D eigenvalue weighted by Crippen LogP contribution is 2.19. The summed E-state index contributed by atoms with van der Waals surface area (Å²) in [5.41, 5.74) is 3.77. The maximum Gasteiger partial charge on any atom is 0.109 e. The number of nitrogens with zero attached hydrogens (tertiary/aromatic N) is 2. The number of benzene rings is 1. The Balaban J connectivity index is 0.00000112. The summed E-state index contributed by atoms with van der Waals surface area (Å²) in [5.74, 6) is 1.17. The maximum absolute atomic E-state index is 4.66. The minimum absolute atomic E-state index is 0. The van der Waals surface area contributed by atoms with Crippen molar-refractivity contribution < 1.29 is 0 Å². The van der Waals surface area contributed by atoms with E-state index in [0.717, 1.165) is 12.8 Å². The molecule has 0 aliphatic rings. The lowest BCUT2D eigenvalue weighted by Gasteiger charge is -1.99.